The summed E-state index contributed by atoms with van der Waals surface area (Å²) in [4.78, 5) is 16.6. The van der Waals surface area contributed by atoms with E-state index in [1.807, 2.05) is 0 Å². The van der Waals surface area contributed by atoms with Crippen LogP contribution in [0.15, 0.2) is 47.8 Å². The number of nitrogens with zero attached hydrogens (tertiary/aromatic N) is 1. The highest BCUT2D eigenvalue weighted by Gasteiger charge is 2.13. The maximum Gasteiger partial charge on any atom is 0.338 e. The maximum atomic E-state index is 13.0. The van der Waals surface area contributed by atoms with E-state index in [9.17, 15) is 9.18 Å². The molecule has 0 radical (unpaired) electrons. The maximum absolute atomic E-state index is 13.0. The molecule has 0 aliphatic carbocycles. The van der Waals surface area contributed by atoms with E-state index < -0.39 is 5.97 Å². The van der Waals surface area contributed by atoms with Crippen molar-refractivity contribution in [2.24, 2.45) is 0 Å². The lowest BCUT2D eigenvalue weighted by Gasteiger charge is -2.09. The van der Waals surface area contributed by atoms with E-state index in [1.54, 1.807) is 35.7 Å². The van der Waals surface area contributed by atoms with E-state index in [4.69, 9.17) is 14.2 Å². The Hall–Kier alpha value is -2.93. The van der Waals surface area contributed by atoms with Gasteiger partial charge in [0.25, 0.3) is 0 Å². The van der Waals surface area contributed by atoms with Crippen LogP contribution in [0.1, 0.15) is 16.1 Å². The Kier molecular flexibility index (Phi) is 5.48. The number of aromatic nitrogens is 1. The summed E-state index contributed by atoms with van der Waals surface area (Å²) < 4.78 is 28.6. The second-order valence-corrected chi connectivity index (χ2v) is 6.15. The van der Waals surface area contributed by atoms with E-state index >= 15 is 0 Å². The number of hydrogen-bond acceptors (Lipinski definition) is 6. The molecule has 134 valence electrons. The van der Waals surface area contributed by atoms with Crippen molar-refractivity contribution in [1.29, 1.82) is 0 Å². The van der Waals surface area contributed by atoms with Crippen LogP contribution in [0.25, 0.3) is 10.6 Å². The largest absolute Gasteiger partial charge is 0.493 e. The summed E-state index contributed by atoms with van der Waals surface area (Å²) in [6.45, 7) is 0.0465. The number of thiazole rings is 1. The van der Waals surface area contributed by atoms with Gasteiger partial charge in [0.1, 0.15) is 17.4 Å². The zero-order valence-corrected chi connectivity index (χ0v) is 15.0. The Bertz CT molecular complexity index is 908. The van der Waals surface area contributed by atoms with Gasteiger partial charge in [-0.15, -0.1) is 11.3 Å². The van der Waals surface area contributed by atoms with Gasteiger partial charge in [0.15, 0.2) is 11.5 Å². The summed E-state index contributed by atoms with van der Waals surface area (Å²) >= 11 is 1.41. The summed E-state index contributed by atoms with van der Waals surface area (Å²) in [6.07, 6.45) is 0. The lowest BCUT2D eigenvalue weighted by atomic mass is 10.2. The number of ether oxygens (including phenoxy) is 3. The first kappa shape index (κ1) is 17.9. The summed E-state index contributed by atoms with van der Waals surface area (Å²) in [7, 11) is 3.02. The molecule has 26 heavy (non-hydrogen) atoms. The van der Waals surface area contributed by atoms with Crippen molar-refractivity contribution in [2.75, 3.05) is 14.2 Å². The van der Waals surface area contributed by atoms with Crippen LogP contribution in [0.5, 0.6) is 11.5 Å². The molecule has 2 aromatic carbocycles. The number of rotatable bonds is 6. The van der Waals surface area contributed by atoms with Gasteiger partial charge >= 0.3 is 5.97 Å². The molecule has 3 rings (SSSR count). The Morgan fingerprint density at radius 1 is 1.08 bits per heavy atom. The molecule has 0 aliphatic rings. The van der Waals surface area contributed by atoms with Crippen LogP contribution < -0.4 is 9.47 Å². The van der Waals surface area contributed by atoms with Crippen molar-refractivity contribution in [3.8, 4) is 22.1 Å². The molecule has 0 unspecified atom stereocenters. The molecule has 0 atom stereocenters. The van der Waals surface area contributed by atoms with Crippen LogP contribution in [0.3, 0.4) is 0 Å². The lowest BCUT2D eigenvalue weighted by molar-refractivity contribution is 0.0468. The third-order valence-electron chi connectivity index (χ3n) is 3.61. The van der Waals surface area contributed by atoms with E-state index in [2.05, 4.69) is 4.98 Å². The van der Waals surface area contributed by atoms with Gasteiger partial charge < -0.3 is 14.2 Å². The van der Waals surface area contributed by atoms with Crippen LogP contribution in [-0.2, 0) is 11.3 Å². The van der Waals surface area contributed by atoms with Crippen molar-refractivity contribution in [3.63, 3.8) is 0 Å². The van der Waals surface area contributed by atoms with Crippen molar-refractivity contribution < 1.29 is 23.4 Å². The first-order chi connectivity index (χ1) is 12.6. The minimum absolute atomic E-state index is 0.0465. The molecule has 5 nitrogen and oxygen atoms in total. The minimum Gasteiger partial charge on any atom is -0.493 e. The molecule has 0 saturated heterocycles. The van der Waals surface area contributed by atoms with E-state index in [0.29, 0.717) is 22.8 Å². The second-order valence-electron chi connectivity index (χ2n) is 5.30. The smallest absolute Gasteiger partial charge is 0.338 e. The molecular formula is C19H16FNO4S. The number of halogens is 1. The van der Waals surface area contributed by atoms with E-state index in [-0.39, 0.29) is 12.4 Å². The molecule has 0 bridgehead atoms. The summed E-state index contributed by atoms with van der Waals surface area (Å²) in [6, 6.07) is 10.9. The van der Waals surface area contributed by atoms with E-state index in [1.165, 1.54) is 37.7 Å². The van der Waals surface area contributed by atoms with Gasteiger partial charge in [0, 0.05) is 10.9 Å². The molecule has 0 aliphatic heterocycles. The normalized spacial score (nSPS) is 10.4. The average molecular weight is 373 g/mol. The summed E-state index contributed by atoms with van der Waals surface area (Å²) in [5, 5.41) is 2.54. The Balaban J connectivity index is 1.66. The van der Waals surface area contributed by atoms with Crippen LogP contribution in [0, 0.1) is 5.82 Å². The molecule has 1 aromatic heterocycles. The molecule has 0 spiro atoms. The molecular weight excluding hydrogens is 357 g/mol. The SMILES string of the molecule is COc1ccc(C(=O)OCc2csc(-c3ccc(F)cc3)n2)cc1OC. The second kappa shape index (κ2) is 7.97. The Labute approximate surface area is 154 Å². The highest BCUT2D eigenvalue weighted by molar-refractivity contribution is 7.13. The fourth-order valence-electron chi connectivity index (χ4n) is 2.28. The van der Waals surface area contributed by atoms with Crippen LogP contribution in [-0.4, -0.2) is 25.2 Å². The zero-order chi connectivity index (χ0) is 18.5. The van der Waals surface area contributed by atoms with Gasteiger partial charge in [0.05, 0.1) is 25.5 Å². The first-order valence-electron chi connectivity index (χ1n) is 7.70. The fraction of sp³-hybridized carbons (Fsp3) is 0.158. The molecule has 3 aromatic rings. The standard InChI is InChI=1S/C19H16FNO4S/c1-23-16-8-5-13(9-17(16)24-2)19(22)25-10-15-11-26-18(21-15)12-3-6-14(20)7-4-12/h3-9,11H,10H2,1-2H3. The van der Waals surface area contributed by atoms with Gasteiger partial charge in [-0.05, 0) is 42.5 Å². The highest BCUT2D eigenvalue weighted by Crippen LogP contribution is 2.28. The predicted molar refractivity (Wildman–Crippen MR) is 96.2 cm³/mol. The monoisotopic (exact) mass is 373 g/mol. The number of carbonyl (C=O) groups is 1. The van der Waals surface area contributed by atoms with Crippen LogP contribution in [0.2, 0.25) is 0 Å². The molecule has 0 amide bonds. The van der Waals surface area contributed by atoms with E-state index in [0.717, 1.165) is 10.6 Å². The van der Waals surface area contributed by atoms with Crippen molar-refractivity contribution in [1.82, 2.24) is 4.98 Å². The molecule has 0 saturated carbocycles. The summed E-state index contributed by atoms with van der Waals surface area (Å²) in [5.74, 6) is 0.207. The third kappa shape index (κ3) is 4.00. The van der Waals surface area contributed by atoms with Crippen molar-refractivity contribution >= 4 is 17.3 Å². The average Bonchev–Trinajstić information content (AvgIpc) is 3.15. The van der Waals surface area contributed by atoms with Gasteiger partial charge in [-0.25, -0.2) is 14.2 Å². The first-order valence-corrected chi connectivity index (χ1v) is 8.58. The quantitative estimate of drug-likeness (QED) is 0.602. The molecule has 0 N–H and O–H groups in total. The van der Waals surface area contributed by atoms with Crippen LogP contribution >= 0.6 is 11.3 Å². The fourth-order valence-corrected chi connectivity index (χ4v) is 3.09. The topological polar surface area (TPSA) is 57.7 Å². The number of esters is 1. The molecule has 0 fully saturated rings. The Morgan fingerprint density at radius 2 is 1.81 bits per heavy atom. The number of benzene rings is 2. The van der Waals surface area contributed by atoms with Crippen molar-refractivity contribution in [2.45, 2.75) is 6.61 Å². The van der Waals surface area contributed by atoms with Gasteiger partial charge in [-0.3, -0.25) is 0 Å². The zero-order valence-electron chi connectivity index (χ0n) is 14.2. The van der Waals surface area contributed by atoms with Crippen LogP contribution in [0.4, 0.5) is 4.39 Å². The molecule has 7 heteroatoms. The van der Waals surface area contributed by atoms with Gasteiger partial charge in [-0.2, -0.15) is 0 Å². The minimum atomic E-state index is -0.484. The van der Waals surface area contributed by atoms with Crippen molar-refractivity contribution in [3.05, 3.63) is 64.9 Å². The summed E-state index contributed by atoms with van der Waals surface area (Å²) in [5.41, 5.74) is 1.80. The highest BCUT2D eigenvalue weighted by atomic mass is 32.1. The predicted octanol–water partition coefficient (Wildman–Crippen LogP) is 4.32. The molecule has 1 heterocycles. The lowest BCUT2D eigenvalue weighted by Crippen LogP contribution is -2.06. The van der Waals surface area contributed by atoms with Gasteiger partial charge in [0.2, 0.25) is 0 Å². The number of hydrogen-bond donors (Lipinski definition) is 0. The Morgan fingerprint density at radius 3 is 2.50 bits per heavy atom. The number of methoxy groups -OCH3 is 2. The van der Waals surface area contributed by atoms with Gasteiger partial charge in [-0.1, -0.05) is 0 Å². The third-order valence-corrected chi connectivity index (χ3v) is 4.55. The number of carbonyl (C=O) groups excluding carboxylic acids is 1.